The van der Waals surface area contributed by atoms with Gasteiger partial charge in [-0.25, -0.2) is 4.83 Å². The second-order valence-corrected chi connectivity index (χ2v) is 7.02. The predicted octanol–water partition coefficient (Wildman–Crippen LogP) is 4.32. The third-order valence-corrected chi connectivity index (χ3v) is 4.79. The number of hydrazone groups is 1. The van der Waals surface area contributed by atoms with Gasteiger partial charge in [0.25, 0.3) is 10.0 Å². The fourth-order valence-electron chi connectivity index (χ4n) is 1.63. The number of hydrogen-bond acceptors (Lipinski definition) is 3. The molecule has 2 aromatic carbocycles. The summed E-state index contributed by atoms with van der Waals surface area (Å²) < 4.78 is 61.3. The average molecular weight is 397 g/mol. The van der Waals surface area contributed by atoms with E-state index < -0.39 is 21.8 Å². The van der Waals surface area contributed by atoms with Crippen LogP contribution < -0.4 is 4.83 Å². The first-order valence-corrected chi connectivity index (χ1v) is 8.51. The highest BCUT2D eigenvalue weighted by Crippen LogP contribution is 2.29. The number of sulfonamides is 1. The maximum atomic E-state index is 12.4. The number of nitrogens with zero attached hydrogens (tertiary/aromatic N) is 1. The summed E-state index contributed by atoms with van der Waals surface area (Å²) in [7, 11) is -3.97. The van der Waals surface area contributed by atoms with Gasteiger partial charge in [0, 0.05) is 0 Å². The minimum Gasteiger partial charge on any atom is -0.200 e. The minimum atomic E-state index is -4.44. The molecule has 1 N–H and O–H groups in total. The van der Waals surface area contributed by atoms with Crippen molar-refractivity contribution in [3.8, 4) is 0 Å². The van der Waals surface area contributed by atoms with Crippen molar-refractivity contribution >= 4 is 39.4 Å². The molecule has 0 aliphatic rings. The van der Waals surface area contributed by atoms with E-state index in [1.807, 2.05) is 4.83 Å². The van der Waals surface area contributed by atoms with Crippen molar-refractivity contribution < 1.29 is 21.6 Å². The summed E-state index contributed by atoms with van der Waals surface area (Å²) in [6.07, 6.45) is -3.36. The normalized spacial score (nSPS) is 12.5. The molecule has 0 heterocycles. The second kappa shape index (κ2) is 7.00. The number of nitrogens with one attached hydrogen (secondary N) is 1. The maximum Gasteiger partial charge on any atom is 0.416 e. The Morgan fingerprint density at radius 3 is 2.17 bits per heavy atom. The van der Waals surface area contributed by atoms with Crippen LogP contribution in [0.25, 0.3) is 0 Å². The standard InChI is InChI=1S/C14H9Cl2F3N2O2S/c15-12-6-5-11(7-13(12)16)24(22,23)21-20-8-9-1-3-10(4-2-9)14(17,18)19/h1-8,21H/b20-8+. The second-order valence-electron chi connectivity index (χ2n) is 4.55. The van der Waals surface area contributed by atoms with E-state index in [9.17, 15) is 21.6 Å². The topological polar surface area (TPSA) is 58.5 Å². The Morgan fingerprint density at radius 2 is 1.62 bits per heavy atom. The van der Waals surface area contributed by atoms with Crippen molar-refractivity contribution in [3.05, 3.63) is 63.6 Å². The van der Waals surface area contributed by atoms with E-state index in [1.54, 1.807) is 0 Å². The largest absolute Gasteiger partial charge is 0.416 e. The first-order chi connectivity index (χ1) is 11.1. The van der Waals surface area contributed by atoms with Gasteiger partial charge in [-0.05, 0) is 35.9 Å². The highest BCUT2D eigenvalue weighted by atomic mass is 35.5. The highest BCUT2D eigenvalue weighted by Gasteiger charge is 2.29. The number of rotatable bonds is 4. The number of alkyl halides is 3. The van der Waals surface area contributed by atoms with Gasteiger partial charge >= 0.3 is 6.18 Å². The van der Waals surface area contributed by atoms with Crippen molar-refractivity contribution in [2.24, 2.45) is 5.10 Å². The Bertz CT molecular complexity index is 867. The van der Waals surface area contributed by atoms with Gasteiger partial charge in [-0.3, -0.25) is 0 Å². The SMILES string of the molecule is O=S(=O)(N/N=C/c1ccc(C(F)(F)F)cc1)c1ccc(Cl)c(Cl)c1. The lowest BCUT2D eigenvalue weighted by atomic mass is 10.1. The molecule has 0 atom stereocenters. The van der Waals surface area contributed by atoms with Gasteiger partial charge in [-0.2, -0.15) is 26.7 Å². The molecule has 24 heavy (non-hydrogen) atoms. The van der Waals surface area contributed by atoms with Crippen LogP contribution in [0.3, 0.4) is 0 Å². The molecular weight excluding hydrogens is 388 g/mol. The summed E-state index contributed by atoms with van der Waals surface area (Å²) in [5.41, 5.74) is -0.518. The number of hydrogen-bond donors (Lipinski definition) is 1. The molecule has 0 radical (unpaired) electrons. The maximum absolute atomic E-state index is 12.4. The molecule has 0 amide bonds. The Labute approximate surface area is 145 Å². The van der Waals surface area contributed by atoms with Crippen LogP contribution in [0.4, 0.5) is 13.2 Å². The zero-order valence-corrected chi connectivity index (χ0v) is 14.0. The Morgan fingerprint density at radius 1 is 1.00 bits per heavy atom. The first-order valence-electron chi connectivity index (χ1n) is 6.27. The summed E-state index contributed by atoms with van der Waals surface area (Å²) >= 11 is 11.4. The Kier molecular flexibility index (Phi) is 5.42. The molecule has 0 saturated heterocycles. The zero-order valence-electron chi connectivity index (χ0n) is 11.7. The van der Waals surface area contributed by atoms with Gasteiger partial charge < -0.3 is 0 Å². The van der Waals surface area contributed by atoms with Crippen LogP contribution in [0.15, 0.2) is 52.5 Å². The van der Waals surface area contributed by atoms with Crippen LogP contribution in [0, 0.1) is 0 Å². The Balaban J connectivity index is 2.11. The molecule has 10 heteroatoms. The van der Waals surface area contributed by atoms with Crippen LogP contribution >= 0.6 is 23.2 Å². The summed E-state index contributed by atoms with van der Waals surface area (Å²) in [5, 5.41) is 3.77. The van der Waals surface area contributed by atoms with E-state index in [0.29, 0.717) is 5.56 Å². The molecule has 0 aromatic heterocycles. The van der Waals surface area contributed by atoms with E-state index in [1.165, 1.54) is 24.3 Å². The first kappa shape index (κ1) is 18.6. The van der Waals surface area contributed by atoms with Gasteiger partial charge in [0.1, 0.15) is 0 Å². The molecule has 2 aromatic rings. The third kappa shape index (κ3) is 4.62. The average Bonchev–Trinajstić information content (AvgIpc) is 2.49. The van der Waals surface area contributed by atoms with Gasteiger partial charge in [0.05, 0.1) is 26.7 Å². The van der Waals surface area contributed by atoms with E-state index in [4.69, 9.17) is 23.2 Å². The summed E-state index contributed by atoms with van der Waals surface area (Å²) in [5.74, 6) is 0. The van der Waals surface area contributed by atoms with Crippen molar-refractivity contribution in [2.45, 2.75) is 11.1 Å². The van der Waals surface area contributed by atoms with Gasteiger partial charge in [0.2, 0.25) is 0 Å². The monoisotopic (exact) mass is 396 g/mol. The molecule has 2 rings (SSSR count). The summed E-state index contributed by atoms with van der Waals surface area (Å²) in [6.45, 7) is 0. The molecule has 0 aliphatic carbocycles. The molecule has 0 unspecified atom stereocenters. The lowest BCUT2D eigenvalue weighted by Gasteiger charge is -2.06. The fraction of sp³-hybridized carbons (Fsp3) is 0.0714. The molecule has 0 saturated carbocycles. The smallest absolute Gasteiger partial charge is 0.200 e. The molecule has 0 fully saturated rings. The molecular formula is C14H9Cl2F3N2O2S. The van der Waals surface area contributed by atoms with Gasteiger partial charge in [0.15, 0.2) is 0 Å². The van der Waals surface area contributed by atoms with Gasteiger partial charge in [-0.1, -0.05) is 35.3 Å². The third-order valence-electron chi connectivity index (χ3n) is 2.83. The lowest BCUT2D eigenvalue weighted by Crippen LogP contribution is -2.18. The Hall–Kier alpha value is -1.77. The van der Waals surface area contributed by atoms with E-state index in [-0.39, 0.29) is 14.9 Å². The lowest BCUT2D eigenvalue weighted by molar-refractivity contribution is -0.137. The molecule has 0 bridgehead atoms. The van der Waals surface area contributed by atoms with Crippen molar-refractivity contribution in [2.75, 3.05) is 0 Å². The quantitative estimate of drug-likeness (QED) is 0.617. The van der Waals surface area contributed by atoms with Gasteiger partial charge in [-0.15, -0.1) is 0 Å². The molecule has 128 valence electrons. The number of benzene rings is 2. The minimum absolute atomic E-state index is 0.0614. The van der Waals surface area contributed by atoms with Crippen LogP contribution in [-0.4, -0.2) is 14.6 Å². The summed E-state index contributed by atoms with van der Waals surface area (Å²) in [4.78, 5) is 1.78. The zero-order chi connectivity index (χ0) is 18.0. The van der Waals surface area contributed by atoms with Crippen LogP contribution in [-0.2, 0) is 16.2 Å². The number of halogens is 5. The van der Waals surface area contributed by atoms with Crippen LogP contribution in [0.5, 0.6) is 0 Å². The van der Waals surface area contributed by atoms with E-state index in [0.717, 1.165) is 24.4 Å². The van der Waals surface area contributed by atoms with Crippen molar-refractivity contribution in [3.63, 3.8) is 0 Å². The molecule has 4 nitrogen and oxygen atoms in total. The van der Waals surface area contributed by atoms with Crippen molar-refractivity contribution in [1.29, 1.82) is 0 Å². The fourth-order valence-corrected chi connectivity index (χ4v) is 2.81. The highest BCUT2D eigenvalue weighted by molar-refractivity contribution is 7.89. The van der Waals surface area contributed by atoms with E-state index >= 15 is 0 Å². The summed E-state index contributed by atoms with van der Waals surface area (Å²) in [6, 6.07) is 7.78. The molecule has 0 aliphatic heterocycles. The predicted molar refractivity (Wildman–Crippen MR) is 85.8 cm³/mol. The molecule has 0 spiro atoms. The van der Waals surface area contributed by atoms with Crippen LogP contribution in [0.2, 0.25) is 10.0 Å². The van der Waals surface area contributed by atoms with Crippen LogP contribution in [0.1, 0.15) is 11.1 Å². The van der Waals surface area contributed by atoms with E-state index in [2.05, 4.69) is 5.10 Å². The van der Waals surface area contributed by atoms with Crippen molar-refractivity contribution in [1.82, 2.24) is 4.83 Å².